The fourth-order valence-corrected chi connectivity index (χ4v) is 5.20. The molecule has 140 valence electrons. The molecule has 0 aromatic carbocycles. The molecule has 0 aliphatic carbocycles. The number of hydrogen-bond donors (Lipinski definition) is 1. The number of aromatic nitrogens is 2. The van der Waals surface area contributed by atoms with Crippen molar-refractivity contribution >= 4 is 45.0 Å². The fraction of sp³-hybridized carbons (Fsp3) is 0.611. The van der Waals surface area contributed by atoms with E-state index in [1.807, 2.05) is 17.2 Å². The largest absolute Gasteiger partial charge is 0.356 e. The quantitative estimate of drug-likeness (QED) is 0.629. The predicted octanol–water partition coefficient (Wildman–Crippen LogP) is 1.37. The summed E-state index contributed by atoms with van der Waals surface area (Å²) in [7, 11) is 0. The Morgan fingerprint density at radius 3 is 2.62 bits per heavy atom. The van der Waals surface area contributed by atoms with Gasteiger partial charge in [0, 0.05) is 13.1 Å². The maximum Gasteiger partial charge on any atom is 0.264 e. The van der Waals surface area contributed by atoms with E-state index >= 15 is 0 Å². The fourth-order valence-electron chi connectivity index (χ4n) is 3.79. The Hall–Kier alpha value is -1.38. The monoisotopic (exact) mass is 392 g/mol. The van der Waals surface area contributed by atoms with E-state index in [-0.39, 0.29) is 5.91 Å². The lowest BCUT2D eigenvalue weighted by Crippen LogP contribution is -3.14. The normalized spacial score (nSPS) is 18.8. The summed E-state index contributed by atoms with van der Waals surface area (Å²) >= 11 is 3.08. The van der Waals surface area contributed by atoms with Crippen molar-refractivity contribution in [3.63, 3.8) is 0 Å². The van der Waals surface area contributed by atoms with Crippen LogP contribution in [0.1, 0.15) is 29.4 Å². The standard InChI is InChI=1S/C18H25N5OS2/c1-3-21-8-10-23(11-9-21)17(24)14-12-13-15(22-6-4-5-7-22)19-18(25-2)20-16(13)26-14/h12H,3-11H2,1-2H3/p+1. The minimum absolute atomic E-state index is 0.154. The summed E-state index contributed by atoms with van der Waals surface area (Å²) in [4.78, 5) is 30.1. The molecule has 0 atom stereocenters. The van der Waals surface area contributed by atoms with Gasteiger partial charge in [0.15, 0.2) is 5.16 Å². The molecule has 2 aromatic rings. The number of piperazine rings is 1. The molecule has 2 aromatic heterocycles. The van der Waals surface area contributed by atoms with Gasteiger partial charge in [-0.2, -0.15) is 0 Å². The Morgan fingerprint density at radius 2 is 1.96 bits per heavy atom. The first-order valence-electron chi connectivity index (χ1n) is 9.43. The summed E-state index contributed by atoms with van der Waals surface area (Å²) < 4.78 is 0. The molecular formula is C18H26N5OS2+. The van der Waals surface area contributed by atoms with E-state index in [9.17, 15) is 4.79 Å². The van der Waals surface area contributed by atoms with Crippen LogP contribution in [-0.4, -0.2) is 72.8 Å². The van der Waals surface area contributed by atoms with Gasteiger partial charge in [-0.15, -0.1) is 11.3 Å². The molecule has 1 amide bonds. The van der Waals surface area contributed by atoms with Gasteiger partial charge in [0.2, 0.25) is 0 Å². The molecule has 2 saturated heterocycles. The number of nitrogens with zero attached hydrogens (tertiary/aromatic N) is 4. The highest BCUT2D eigenvalue weighted by atomic mass is 32.2. The summed E-state index contributed by atoms with van der Waals surface area (Å²) in [6.45, 7) is 9.21. The van der Waals surface area contributed by atoms with Crippen LogP contribution in [0.4, 0.5) is 5.82 Å². The minimum Gasteiger partial charge on any atom is -0.356 e. The number of quaternary nitrogens is 1. The summed E-state index contributed by atoms with van der Waals surface area (Å²) in [6, 6.07) is 2.03. The van der Waals surface area contributed by atoms with Crippen molar-refractivity contribution in [2.24, 2.45) is 0 Å². The molecule has 6 nitrogen and oxygen atoms in total. The maximum atomic E-state index is 13.0. The van der Waals surface area contributed by atoms with Crippen LogP contribution in [0.15, 0.2) is 11.2 Å². The van der Waals surface area contributed by atoms with E-state index in [4.69, 9.17) is 4.98 Å². The van der Waals surface area contributed by atoms with Gasteiger partial charge in [-0.1, -0.05) is 11.8 Å². The highest BCUT2D eigenvalue weighted by Crippen LogP contribution is 2.34. The number of carbonyl (C=O) groups excluding carboxylic acids is 1. The average molecular weight is 393 g/mol. The lowest BCUT2D eigenvalue weighted by atomic mass is 10.2. The van der Waals surface area contributed by atoms with E-state index in [2.05, 4.69) is 16.8 Å². The Morgan fingerprint density at radius 1 is 1.23 bits per heavy atom. The van der Waals surface area contributed by atoms with Gasteiger partial charge < -0.3 is 14.7 Å². The van der Waals surface area contributed by atoms with Crippen molar-refractivity contribution in [1.29, 1.82) is 0 Å². The predicted molar refractivity (Wildman–Crippen MR) is 108 cm³/mol. The van der Waals surface area contributed by atoms with Crippen LogP contribution in [0, 0.1) is 0 Å². The average Bonchev–Trinajstić information content (AvgIpc) is 3.36. The van der Waals surface area contributed by atoms with Gasteiger partial charge in [-0.25, -0.2) is 9.97 Å². The van der Waals surface area contributed by atoms with Crippen LogP contribution in [0.3, 0.4) is 0 Å². The third kappa shape index (κ3) is 3.42. The molecular weight excluding hydrogens is 366 g/mol. The highest BCUT2D eigenvalue weighted by Gasteiger charge is 2.26. The number of thioether (sulfide) groups is 1. The molecule has 2 aliphatic heterocycles. The van der Waals surface area contributed by atoms with Gasteiger partial charge in [0.1, 0.15) is 10.6 Å². The lowest BCUT2D eigenvalue weighted by Gasteiger charge is -2.31. The molecule has 0 radical (unpaired) electrons. The molecule has 2 fully saturated rings. The molecule has 0 saturated carbocycles. The number of amides is 1. The smallest absolute Gasteiger partial charge is 0.264 e. The molecule has 2 aliphatic rings. The van der Waals surface area contributed by atoms with Crippen LogP contribution >= 0.6 is 23.1 Å². The van der Waals surface area contributed by atoms with Crippen molar-refractivity contribution in [2.75, 3.05) is 57.0 Å². The van der Waals surface area contributed by atoms with E-state index in [1.54, 1.807) is 16.7 Å². The van der Waals surface area contributed by atoms with Crippen LogP contribution < -0.4 is 9.80 Å². The van der Waals surface area contributed by atoms with Crippen molar-refractivity contribution in [3.8, 4) is 0 Å². The van der Waals surface area contributed by atoms with Crippen LogP contribution in [0.25, 0.3) is 10.2 Å². The first kappa shape index (κ1) is 18.0. The summed E-state index contributed by atoms with van der Waals surface area (Å²) in [5, 5.41) is 1.83. The van der Waals surface area contributed by atoms with Gasteiger partial charge in [0.25, 0.3) is 5.91 Å². The van der Waals surface area contributed by atoms with Crippen LogP contribution in [0.2, 0.25) is 0 Å². The van der Waals surface area contributed by atoms with Crippen molar-refractivity contribution < 1.29 is 9.69 Å². The van der Waals surface area contributed by atoms with Crippen molar-refractivity contribution in [1.82, 2.24) is 14.9 Å². The van der Waals surface area contributed by atoms with Gasteiger partial charge in [-0.3, -0.25) is 4.79 Å². The number of thiophene rings is 1. The molecule has 0 spiro atoms. The SMILES string of the molecule is CC[NH+]1CCN(C(=O)c2cc3c(N4CCCC4)nc(SC)nc3s2)CC1. The Bertz CT molecular complexity index is 794. The Labute approximate surface area is 162 Å². The zero-order valence-corrected chi connectivity index (χ0v) is 17.1. The summed E-state index contributed by atoms with van der Waals surface area (Å²) in [5.41, 5.74) is 0. The molecule has 26 heavy (non-hydrogen) atoms. The third-order valence-electron chi connectivity index (χ3n) is 5.41. The van der Waals surface area contributed by atoms with Crippen molar-refractivity contribution in [3.05, 3.63) is 10.9 Å². The molecule has 0 bridgehead atoms. The Balaban J connectivity index is 1.64. The van der Waals surface area contributed by atoms with Gasteiger partial charge in [0.05, 0.1) is 43.0 Å². The van der Waals surface area contributed by atoms with E-state index in [0.717, 1.165) is 71.9 Å². The molecule has 4 heterocycles. The first-order chi connectivity index (χ1) is 12.7. The Kier molecular flexibility index (Phi) is 5.33. The van der Waals surface area contributed by atoms with E-state index in [0.29, 0.717) is 0 Å². The first-order valence-corrected chi connectivity index (χ1v) is 11.5. The number of anilines is 1. The topological polar surface area (TPSA) is 53.8 Å². The second kappa shape index (κ2) is 7.70. The van der Waals surface area contributed by atoms with E-state index in [1.165, 1.54) is 24.2 Å². The summed E-state index contributed by atoms with van der Waals surface area (Å²) in [5.74, 6) is 1.16. The highest BCUT2D eigenvalue weighted by molar-refractivity contribution is 7.98. The lowest BCUT2D eigenvalue weighted by molar-refractivity contribution is -0.902. The zero-order valence-electron chi connectivity index (χ0n) is 15.5. The molecule has 0 unspecified atom stereocenters. The number of rotatable bonds is 4. The summed E-state index contributed by atoms with van der Waals surface area (Å²) in [6.07, 6.45) is 4.42. The second-order valence-corrected chi connectivity index (χ2v) is 8.76. The third-order valence-corrected chi connectivity index (χ3v) is 6.97. The number of likely N-dealkylation sites (N-methyl/N-ethyl adjacent to an activating group) is 1. The number of carbonyl (C=O) groups is 1. The zero-order chi connectivity index (χ0) is 18.1. The van der Waals surface area contributed by atoms with Crippen LogP contribution in [-0.2, 0) is 0 Å². The second-order valence-electron chi connectivity index (χ2n) is 6.95. The van der Waals surface area contributed by atoms with Gasteiger partial charge in [-0.05, 0) is 32.1 Å². The van der Waals surface area contributed by atoms with Crippen molar-refractivity contribution in [2.45, 2.75) is 24.9 Å². The molecule has 4 rings (SSSR count). The molecule has 8 heteroatoms. The number of nitrogens with one attached hydrogen (secondary N) is 1. The minimum atomic E-state index is 0.154. The maximum absolute atomic E-state index is 13.0. The van der Waals surface area contributed by atoms with E-state index < -0.39 is 0 Å². The molecule has 1 N–H and O–H groups in total. The van der Waals surface area contributed by atoms with Gasteiger partial charge >= 0.3 is 0 Å². The number of fused-ring (bicyclic) bond motifs is 1. The number of hydrogen-bond acceptors (Lipinski definition) is 6. The van der Waals surface area contributed by atoms with Crippen LogP contribution in [0.5, 0.6) is 0 Å².